The van der Waals surface area contributed by atoms with Gasteiger partial charge in [-0.3, -0.25) is 0 Å². The van der Waals surface area contributed by atoms with Crippen LogP contribution in [0.5, 0.6) is 5.75 Å². The summed E-state index contributed by atoms with van der Waals surface area (Å²) >= 11 is 8.33. The minimum Gasteiger partial charge on any atom is -0.496 e. The highest BCUT2D eigenvalue weighted by Gasteiger charge is 2.24. The molecule has 0 amide bonds. The van der Waals surface area contributed by atoms with E-state index in [2.05, 4.69) is 24.0 Å². The zero-order chi connectivity index (χ0) is 13.7. The van der Waals surface area contributed by atoms with Gasteiger partial charge in [0, 0.05) is 28.4 Å². The third-order valence-corrected chi connectivity index (χ3v) is 5.24. The summed E-state index contributed by atoms with van der Waals surface area (Å²) in [4.78, 5) is 0. The molecule has 106 valence electrons. The Balaban J connectivity index is 1.89. The molecular formula is C15H22ClNOS. The van der Waals surface area contributed by atoms with Gasteiger partial charge in [-0.05, 0) is 37.1 Å². The van der Waals surface area contributed by atoms with Crippen molar-refractivity contribution >= 4 is 23.4 Å². The Morgan fingerprint density at radius 1 is 1.42 bits per heavy atom. The lowest BCUT2D eigenvalue weighted by Crippen LogP contribution is -2.26. The molecule has 0 aliphatic heterocycles. The molecule has 0 aromatic heterocycles. The van der Waals surface area contributed by atoms with Crippen molar-refractivity contribution in [1.29, 1.82) is 0 Å². The molecule has 2 unspecified atom stereocenters. The molecule has 19 heavy (non-hydrogen) atoms. The van der Waals surface area contributed by atoms with Gasteiger partial charge < -0.3 is 10.1 Å². The first-order valence-electron chi connectivity index (χ1n) is 6.91. The SMILES string of the molecule is CCSC1CCC(NCc2c(Cl)cccc2OC)C1. The van der Waals surface area contributed by atoms with Crippen LogP contribution in [0.3, 0.4) is 0 Å². The fourth-order valence-corrected chi connectivity index (χ4v) is 4.04. The summed E-state index contributed by atoms with van der Waals surface area (Å²) in [6.07, 6.45) is 3.87. The second-order valence-electron chi connectivity index (χ2n) is 4.89. The van der Waals surface area contributed by atoms with E-state index in [0.29, 0.717) is 6.04 Å². The van der Waals surface area contributed by atoms with Gasteiger partial charge in [0.25, 0.3) is 0 Å². The van der Waals surface area contributed by atoms with E-state index in [4.69, 9.17) is 16.3 Å². The van der Waals surface area contributed by atoms with E-state index in [-0.39, 0.29) is 0 Å². The lowest BCUT2D eigenvalue weighted by atomic mass is 10.1. The molecule has 1 fully saturated rings. The Labute approximate surface area is 125 Å². The minimum absolute atomic E-state index is 0.616. The van der Waals surface area contributed by atoms with Crippen molar-refractivity contribution in [2.24, 2.45) is 0 Å². The van der Waals surface area contributed by atoms with Crippen LogP contribution in [0.4, 0.5) is 0 Å². The first-order chi connectivity index (χ1) is 9.24. The van der Waals surface area contributed by atoms with Gasteiger partial charge in [-0.15, -0.1) is 0 Å². The van der Waals surface area contributed by atoms with E-state index in [9.17, 15) is 0 Å². The van der Waals surface area contributed by atoms with E-state index >= 15 is 0 Å². The predicted molar refractivity (Wildman–Crippen MR) is 84.4 cm³/mol. The van der Waals surface area contributed by atoms with Crippen molar-refractivity contribution in [3.05, 3.63) is 28.8 Å². The van der Waals surface area contributed by atoms with Gasteiger partial charge in [0.05, 0.1) is 7.11 Å². The summed E-state index contributed by atoms with van der Waals surface area (Å²) in [7, 11) is 1.69. The topological polar surface area (TPSA) is 21.3 Å². The highest BCUT2D eigenvalue weighted by molar-refractivity contribution is 7.99. The molecule has 0 bridgehead atoms. The van der Waals surface area contributed by atoms with Gasteiger partial charge in [-0.25, -0.2) is 0 Å². The minimum atomic E-state index is 0.616. The van der Waals surface area contributed by atoms with Crippen molar-refractivity contribution in [3.8, 4) is 5.75 Å². The van der Waals surface area contributed by atoms with Gasteiger partial charge in [0.1, 0.15) is 5.75 Å². The van der Waals surface area contributed by atoms with Crippen LogP contribution in [0.25, 0.3) is 0 Å². The Bertz CT molecular complexity index is 413. The standard InChI is InChI=1S/C15H22ClNOS/c1-3-19-12-8-7-11(9-12)17-10-13-14(16)5-4-6-15(13)18-2/h4-6,11-12,17H,3,7-10H2,1-2H3. The Hall–Kier alpha value is -0.380. The number of nitrogens with one attached hydrogen (secondary N) is 1. The van der Waals surface area contributed by atoms with Crippen LogP contribution in [0, 0.1) is 0 Å². The zero-order valence-electron chi connectivity index (χ0n) is 11.6. The van der Waals surface area contributed by atoms with Gasteiger partial charge >= 0.3 is 0 Å². The molecule has 1 saturated carbocycles. The predicted octanol–water partition coefficient (Wildman–Crippen LogP) is 4.11. The van der Waals surface area contributed by atoms with Gasteiger partial charge in [0.2, 0.25) is 0 Å². The molecular weight excluding hydrogens is 278 g/mol. The maximum atomic E-state index is 6.25. The first kappa shape index (κ1) is 15.0. The van der Waals surface area contributed by atoms with Crippen molar-refractivity contribution < 1.29 is 4.74 Å². The molecule has 1 aliphatic carbocycles. The fraction of sp³-hybridized carbons (Fsp3) is 0.600. The monoisotopic (exact) mass is 299 g/mol. The van der Waals surface area contributed by atoms with Crippen LogP contribution >= 0.6 is 23.4 Å². The maximum absolute atomic E-state index is 6.25. The number of methoxy groups -OCH3 is 1. The first-order valence-corrected chi connectivity index (χ1v) is 8.33. The third kappa shape index (κ3) is 4.04. The van der Waals surface area contributed by atoms with Gasteiger partial charge in [-0.1, -0.05) is 24.6 Å². The van der Waals surface area contributed by atoms with Crippen molar-refractivity contribution in [2.45, 2.75) is 44.0 Å². The quantitative estimate of drug-likeness (QED) is 0.854. The number of hydrogen-bond donors (Lipinski definition) is 1. The normalized spacial score (nSPS) is 22.7. The molecule has 2 nitrogen and oxygen atoms in total. The number of rotatable bonds is 6. The van der Waals surface area contributed by atoms with E-state index in [1.165, 1.54) is 25.0 Å². The highest BCUT2D eigenvalue weighted by atomic mass is 35.5. The Kier molecular flexibility index (Phi) is 5.86. The summed E-state index contributed by atoms with van der Waals surface area (Å²) in [5.41, 5.74) is 1.07. The van der Waals surface area contributed by atoms with E-state index in [1.807, 2.05) is 18.2 Å². The van der Waals surface area contributed by atoms with E-state index in [0.717, 1.165) is 28.1 Å². The number of halogens is 1. The van der Waals surface area contributed by atoms with Crippen molar-refractivity contribution in [1.82, 2.24) is 5.32 Å². The van der Waals surface area contributed by atoms with Gasteiger partial charge in [-0.2, -0.15) is 11.8 Å². The number of hydrogen-bond acceptors (Lipinski definition) is 3. The molecule has 1 N–H and O–H groups in total. The largest absolute Gasteiger partial charge is 0.496 e. The summed E-state index contributed by atoms with van der Waals surface area (Å²) < 4.78 is 5.37. The molecule has 0 spiro atoms. The van der Waals surface area contributed by atoms with Crippen LogP contribution in [-0.4, -0.2) is 24.2 Å². The maximum Gasteiger partial charge on any atom is 0.124 e. The molecule has 1 aromatic rings. The molecule has 0 saturated heterocycles. The molecule has 1 aromatic carbocycles. The number of benzene rings is 1. The number of ether oxygens (including phenoxy) is 1. The average Bonchev–Trinajstić information content (AvgIpc) is 2.85. The van der Waals surface area contributed by atoms with Gasteiger partial charge in [0.15, 0.2) is 0 Å². The van der Waals surface area contributed by atoms with Crippen LogP contribution in [0.15, 0.2) is 18.2 Å². The molecule has 0 heterocycles. The fourth-order valence-electron chi connectivity index (χ4n) is 2.66. The van der Waals surface area contributed by atoms with E-state index < -0.39 is 0 Å². The Morgan fingerprint density at radius 3 is 3.00 bits per heavy atom. The lowest BCUT2D eigenvalue weighted by Gasteiger charge is -2.16. The molecule has 0 radical (unpaired) electrons. The van der Waals surface area contributed by atoms with Crippen LogP contribution in [0.2, 0.25) is 5.02 Å². The highest BCUT2D eigenvalue weighted by Crippen LogP contribution is 2.31. The van der Waals surface area contributed by atoms with Crippen molar-refractivity contribution in [2.75, 3.05) is 12.9 Å². The third-order valence-electron chi connectivity index (χ3n) is 3.65. The Morgan fingerprint density at radius 2 is 2.26 bits per heavy atom. The van der Waals surface area contributed by atoms with E-state index in [1.54, 1.807) is 7.11 Å². The summed E-state index contributed by atoms with van der Waals surface area (Å²) in [6.45, 7) is 3.02. The van der Waals surface area contributed by atoms with Crippen LogP contribution < -0.4 is 10.1 Å². The smallest absolute Gasteiger partial charge is 0.124 e. The molecule has 2 atom stereocenters. The number of thioether (sulfide) groups is 1. The van der Waals surface area contributed by atoms with Crippen LogP contribution in [-0.2, 0) is 6.54 Å². The summed E-state index contributed by atoms with van der Waals surface area (Å²) in [6, 6.07) is 6.43. The summed E-state index contributed by atoms with van der Waals surface area (Å²) in [5, 5.41) is 5.24. The second-order valence-corrected chi connectivity index (χ2v) is 6.87. The van der Waals surface area contributed by atoms with Crippen molar-refractivity contribution in [3.63, 3.8) is 0 Å². The average molecular weight is 300 g/mol. The second kappa shape index (κ2) is 7.41. The summed E-state index contributed by atoms with van der Waals surface area (Å²) in [5.74, 6) is 2.09. The lowest BCUT2D eigenvalue weighted by molar-refractivity contribution is 0.405. The molecule has 4 heteroatoms. The molecule has 1 aliphatic rings. The van der Waals surface area contributed by atoms with Crippen LogP contribution in [0.1, 0.15) is 31.7 Å². The zero-order valence-corrected chi connectivity index (χ0v) is 13.2. The molecule has 2 rings (SSSR count).